The minimum Gasteiger partial charge on any atom is -0.383 e. The highest BCUT2D eigenvalue weighted by atomic mass is 16.6. The van der Waals surface area contributed by atoms with Crippen LogP contribution in [0.15, 0.2) is 38.8 Å². The summed E-state index contributed by atoms with van der Waals surface area (Å²) in [7, 11) is 0. The molecule has 0 saturated carbocycles. The van der Waals surface area contributed by atoms with Gasteiger partial charge in [-0.2, -0.15) is 0 Å². The number of non-ortho nitro benzene ring substituents is 1. The van der Waals surface area contributed by atoms with E-state index in [2.05, 4.69) is 4.99 Å². The van der Waals surface area contributed by atoms with E-state index in [0.717, 1.165) is 4.57 Å². The number of nitro groups is 1. The second-order valence-electron chi connectivity index (χ2n) is 5.73. The lowest BCUT2D eigenvalue weighted by atomic mass is 10.2. The van der Waals surface area contributed by atoms with Gasteiger partial charge < -0.3 is 5.73 Å². The second-order valence-corrected chi connectivity index (χ2v) is 5.73. The molecule has 0 saturated heterocycles. The Morgan fingerprint density at radius 3 is 2.23 bits per heavy atom. The normalized spacial score (nSPS) is 11.2. The van der Waals surface area contributed by atoms with Gasteiger partial charge in [0.05, 0.1) is 4.92 Å². The number of hydrogen-bond donors (Lipinski definition) is 1. The van der Waals surface area contributed by atoms with Crippen molar-refractivity contribution in [2.45, 2.75) is 39.8 Å². The molecule has 0 atom stereocenters. The van der Waals surface area contributed by atoms with Crippen molar-refractivity contribution in [3.8, 4) is 0 Å². The molecule has 0 unspecified atom stereocenters. The molecule has 2 aromatic rings. The van der Waals surface area contributed by atoms with Gasteiger partial charge in [-0.25, -0.2) is 9.79 Å². The van der Waals surface area contributed by atoms with Gasteiger partial charge in [0.2, 0.25) is 0 Å². The number of nitrogens with two attached hydrogens (primary N) is 1. The fourth-order valence-corrected chi connectivity index (χ4v) is 2.50. The van der Waals surface area contributed by atoms with Crippen LogP contribution in [0.5, 0.6) is 0 Å². The van der Waals surface area contributed by atoms with E-state index in [-0.39, 0.29) is 23.7 Å². The van der Waals surface area contributed by atoms with E-state index in [1.54, 1.807) is 0 Å². The van der Waals surface area contributed by atoms with Gasteiger partial charge in [-0.05, 0) is 30.5 Å². The van der Waals surface area contributed by atoms with Crippen molar-refractivity contribution in [2.24, 2.45) is 4.99 Å². The maximum absolute atomic E-state index is 12.6. The Hall–Kier alpha value is -3.23. The molecular formula is C17H21N5O4. The molecule has 2 N–H and O–H groups in total. The summed E-state index contributed by atoms with van der Waals surface area (Å²) in [5.41, 5.74) is 5.56. The Morgan fingerprint density at radius 2 is 1.69 bits per heavy atom. The van der Waals surface area contributed by atoms with Crippen LogP contribution < -0.4 is 17.0 Å². The number of benzene rings is 1. The lowest BCUT2D eigenvalue weighted by molar-refractivity contribution is -0.384. The van der Waals surface area contributed by atoms with Crippen molar-refractivity contribution >= 4 is 23.4 Å². The molecule has 1 heterocycles. The van der Waals surface area contributed by atoms with Crippen molar-refractivity contribution < 1.29 is 4.92 Å². The zero-order valence-electron chi connectivity index (χ0n) is 14.7. The summed E-state index contributed by atoms with van der Waals surface area (Å²) in [4.78, 5) is 39.4. The van der Waals surface area contributed by atoms with Crippen molar-refractivity contribution in [1.82, 2.24) is 9.13 Å². The Kier molecular flexibility index (Phi) is 6.05. The second kappa shape index (κ2) is 8.24. The zero-order chi connectivity index (χ0) is 19.3. The molecule has 0 aliphatic heterocycles. The van der Waals surface area contributed by atoms with E-state index in [1.165, 1.54) is 35.0 Å². The van der Waals surface area contributed by atoms with Crippen molar-refractivity contribution in [3.05, 3.63) is 60.8 Å². The molecule has 26 heavy (non-hydrogen) atoms. The molecule has 0 radical (unpaired) electrons. The van der Waals surface area contributed by atoms with Gasteiger partial charge in [-0.1, -0.05) is 13.8 Å². The van der Waals surface area contributed by atoms with Gasteiger partial charge in [0.25, 0.3) is 11.2 Å². The molecule has 1 aromatic carbocycles. The lowest BCUT2D eigenvalue weighted by Crippen LogP contribution is -2.41. The first-order chi connectivity index (χ1) is 12.4. The Labute approximate surface area is 149 Å². The van der Waals surface area contributed by atoms with Gasteiger partial charge in [-0.3, -0.25) is 24.0 Å². The molecule has 138 valence electrons. The van der Waals surface area contributed by atoms with E-state index < -0.39 is 16.2 Å². The third-order valence-corrected chi connectivity index (χ3v) is 3.78. The third-order valence-electron chi connectivity index (χ3n) is 3.78. The average Bonchev–Trinajstić information content (AvgIpc) is 2.62. The average molecular weight is 359 g/mol. The smallest absolute Gasteiger partial charge is 0.332 e. The van der Waals surface area contributed by atoms with Gasteiger partial charge in [0, 0.05) is 31.4 Å². The molecule has 0 bridgehead atoms. The monoisotopic (exact) mass is 359 g/mol. The molecule has 9 heteroatoms. The minimum absolute atomic E-state index is 0.00940. The SMILES string of the molecule is CCCn1c(N)c(N=Cc2ccc([N+](=O)[O-])cc2)c(=O)n(CCC)c1=O. The van der Waals surface area contributed by atoms with E-state index in [4.69, 9.17) is 5.73 Å². The van der Waals surface area contributed by atoms with E-state index >= 15 is 0 Å². The predicted octanol–water partition coefficient (Wildman–Crippen LogP) is 2.07. The van der Waals surface area contributed by atoms with E-state index in [9.17, 15) is 19.7 Å². The van der Waals surface area contributed by atoms with Gasteiger partial charge >= 0.3 is 5.69 Å². The lowest BCUT2D eigenvalue weighted by Gasteiger charge is -2.13. The molecule has 0 fully saturated rings. The summed E-state index contributed by atoms with van der Waals surface area (Å²) in [6.07, 6.45) is 2.70. The van der Waals surface area contributed by atoms with Crippen molar-refractivity contribution in [2.75, 3.05) is 5.73 Å². The van der Waals surface area contributed by atoms with Crippen LogP contribution in [-0.4, -0.2) is 20.3 Å². The number of anilines is 1. The quantitative estimate of drug-likeness (QED) is 0.460. The number of nitrogen functional groups attached to an aromatic ring is 1. The molecule has 9 nitrogen and oxygen atoms in total. The van der Waals surface area contributed by atoms with Crippen LogP contribution in [0.1, 0.15) is 32.3 Å². The summed E-state index contributed by atoms with van der Waals surface area (Å²) in [5.74, 6) is 0.0207. The Morgan fingerprint density at radius 1 is 1.12 bits per heavy atom. The zero-order valence-corrected chi connectivity index (χ0v) is 14.7. The number of rotatable bonds is 7. The number of aromatic nitrogens is 2. The summed E-state index contributed by atoms with van der Waals surface area (Å²) in [5, 5.41) is 10.7. The number of nitrogens with zero attached hydrogens (tertiary/aromatic N) is 4. The van der Waals surface area contributed by atoms with Gasteiger partial charge in [0.1, 0.15) is 5.82 Å². The summed E-state index contributed by atoms with van der Waals surface area (Å²) < 4.78 is 2.48. The number of aliphatic imine (C=N–C) groups is 1. The van der Waals surface area contributed by atoms with Crippen LogP contribution in [-0.2, 0) is 13.1 Å². The Bertz CT molecular complexity index is 941. The Balaban J connectivity index is 2.52. The van der Waals surface area contributed by atoms with Gasteiger partial charge in [-0.15, -0.1) is 0 Å². The topological polar surface area (TPSA) is 126 Å². The molecule has 0 aliphatic rings. The molecule has 0 spiro atoms. The highest BCUT2D eigenvalue weighted by Crippen LogP contribution is 2.16. The fourth-order valence-electron chi connectivity index (χ4n) is 2.50. The molecule has 1 aromatic heterocycles. The van der Waals surface area contributed by atoms with Crippen LogP contribution in [0, 0.1) is 10.1 Å². The number of hydrogen-bond acceptors (Lipinski definition) is 6. The number of nitro benzene ring substituents is 1. The standard InChI is InChI=1S/C17H21N5O4/c1-3-9-20-15(18)14(16(23)21(10-4-2)17(20)24)19-11-12-5-7-13(8-6-12)22(25)26/h5-8,11H,3-4,9-10,18H2,1-2H3. The predicted molar refractivity (Wildman–Crippen MR) is 100 cm³/mol. The highest BCUT2D eigenvalue weighted by Gasteiger charge is 2.15. The van der Waals surface area contributed by atoms with Crippen molar-refractivity contribution in [3.63, 3.8) is 0 Å². The van der Waals surface area contributed by atoms with Crippen LogP contribution >= 0.6 is 0 Å². The molecule has 0 amide bonds. The maximum Gasteiger partial charge on any atom is 0.332 e. The summed E-state index contributed by atoms with van der Waals surface area (Å²) >= 11 is 0. The van der Waals surface area contributed by atoms with Crippen LogP contribution in [0.25, 0.3) is 0 Å². The van der Waals surface area contributed by atoms with Crippen molar-refractivity contribution in [1.29, 1.82) is 0 Å². The third kappa shape index (κ3) is 3.88. The maximum atomic E-state index is 12.6. The van der Waals surface area contributed by atoms with E-state index in [0.29, 0.717) is 24.9 Å². The van der Waals surface area contributed by atoms with Crippen LogP contribution in [0.3, 0.4) is 0 Å². The first kappa shape index (κ1) is 19.1. The largest absolute Gasteiger partial charge is 0.383 e. The summed E-state index contributed by atoms with van der Waals surface area (Å²) in [6.45, 7) is 4.43. The fraction of sp³-hybridized carbons (Fsp3) is 0.353. The van der Waals surface area contributed by atoms with Crippen LogP contribution in [0.4, 0.5) is 17.2 Å². The molecular weight excluding hydrogens is 338 g/mol. The molecule has 0 aliphatic carbocycles. The minimum atomic E-state index is -0.542. The van der Waals surface area contributed by atoms with E-state index in [1.807, 2.05) is 13.8 Å². The first-order valence-corrected chi connectivity index (χ1v) is 8.32. The molecule has 2 rings (SSSR count). The van der Waals surface area contributed by atoms with Crippen LogP contribution in [0.2, 0.25) is 0 Å². The highest BCUT2D eigenvalue weighted by molar-refractivity contribution is 5.83. The van der Waals surface area contributed by atoms with Gasteiger partial charge in [0.15, 0.2) is 5.69 Å². The summed E-state index contributed by atoms with van der Waals surface area (Å²) in [6, 6.07) is 5.73. The first-order valence-electron chi connectivity index (χ1n) is 8.32.